The number of benzene rings is 1. The number of quaternary nitrogens is 1. The number of aromatic nitrogens is 3. The normalized spacial score (nSPS) is 13.8. The van der Waals surface area contributed by atoms with Crippen molar-refractivity contribution in [1.29, 1.82) is 0 Å². The standard InChI is InChI=1S/C23H30FN5/c1-3-28(4-2)15-7-14-25-23-19-8-5-6-9-20(19)26-22-16-21(27-29(22)23)17-10-12-18(24)13-11-17/h10-13,16,25H,3-9,14-15H2,1-2H3/p+1. The summed E-state index contributed by atoms with van der Waals surface area (Å²) in [5.74, 6) is 0.858. The van der Waals surface area contributed by atoms with E-state index in [1.807, 2.05) is 10.6 Å². The zero-order valence-electron chi connectivity index (χ0n) is 17.5. The van der Waals surface area contributed by atoms with Crippen molar-refractivity contribution in [2.45, 2.75) is 46.0 Å². The average molecular weight is 397 g/mol. The number of hydrogen-bond acceptors (Lipinski definition) is 3. The van der Waals surface area contributed by atoms with Crippen LogP contribution in [0.5, 0.6) is 0 Å². The number of halogens is 1. The Morgan fingerprint density at radius 2 is 1.86 bits per heavy atom. The Kier molecular flexibility index (Phi) is 6.09. The van der Waals surface area contributed by atoms with Crippen molar-refractivity contribution in [3.8, 4) is 11.3 Å². The lowest BCUT2D eigenvalue weighted by Gasteiger charge is -2.21. The van der Waals surface area contributed by atoms with Gasteiger partial charge in [0.15, 0.2) is 5.65 Å². The van der Waals surface area contributed by atoms with Crippen molar-refractivity contribution < 1.29 is 9.29 Å². The van der Waals surface area contributed by atoms with Gasteiger partial charge in [-0.2, -0.15) is 9.61 Å². The molecule has 0 radical (unpaired) electrons. The van der Waals surface area contributed by atoms with Crippen LogP contribution >= 0.6 is 0 Å². The van der Waals surface area contributed by atoms with Crippen LogP contribution in [0.1, 0.15) is 44.4 Å². The second-order valence-corrected chi connectivity index (χ2v) is 7.89. The third-order valence-electron chi connectivity index (χ3n) is 6.02. The van der Waals surface area contributed by atoms with Gasteiger partial charge in [0.25, 0.3) is 0 Å². The van der Waals surface area contributed by atoms with E-state index in [0.717, 1.165) is 48.5 Å². The lowest BCUT2D eigenvalue weighted by Crippen LogP contribution is -3.11. The summed E-state index contributed by atoms with van der Waals surface area (Å²) in [7, 11) is 0. The fourth-order valence-electron chi connectivity index (χ4n) is 4.24. The second-order valence-electron chi connectivity index (χ2n) is 7.89. The van der Waals surface area contributed by atoms with E-state index in [1.165, 1.54) is 55.9 Å². The maximum Gasteiger partial charge on any atom is 0.158 e. The van der Waals surface area contributed by atoms with Crippen LogP contribution in [0.3, 0.4) is 0 Å². The molecule has 0 saturated heterocycles. The molecule has 29 heavy (non-hydrogen) atoms. The van der Waals surface area contributed by atoms with E-state index in [1.54, 1.807) is 17.0 Å². The molecule has 6 heteroatoms. The summed E-state index contributed by atoms with van der Waals surface area (Å²) in [5.41, 5.74) is 5.11. The number of hydrogen-bond donors (Lipinski definition) is 2. The van der Waals surface area contributed by atoms with E-state index in [4.69, 9.17) is 10.1 Å². The zero-order valence-corrected chi connectivity index (χ0v) is 17.5. The van der Waals surface area contributed by atoms with E-state index < -0.39 is 0 Å². The predicted molar refractivity (Wildman–Crippen MR) is 115 cm³/mol. The Labute approximate surface area is 171 Å². The molecule has 5 nitrogen and oxygen atoms in total. The van der Waals surface area contributed by atoms with Gasteiger partial charge in [0.1, 0.15) is 11.6 Å². The van der Waals surface area contributed by atoms with E-state index in [9.17, 15) is 4.39 Å². The molecule has 2 N–H and O–H groups in total. The highest BCUT2D eigenvalue weighted by Crippen LogP contribution is 2.29. The lowest BCUT2D eigenvalue weighted by molar-refractivity contribution is -0.896. The molecule has 4 rings (SSSR count). The highest BCUT2D eigenvalue weighted by atomic mass is 19.1. The molecule has 154 valence electrons. The van der Waals surface area contributed by atoms with Crippen LogP contribution in [-0.2, 0) is 12.8 Å². The van der Waals surface area contributed by atoms with E-state index in [0.29, 0.717) is 0 Å². The highest BCUT2D eigenvalue weighted by molar-refractivity contribution is 5.67. The Balaban J connectivity index is 1.64. The van der Waals surface area contributed by atoms with Gasteiger partial charge in [-0.05, 0) is 63.8 Å². The average Bonchev–Trinajstić information content (AvgIpc) is 3.17. The van der Waals surface area contributed by atoms with Crippen LogP contribution in [0, 0.1) is 5.82 Å². The molecule has 0 atom stereocenters. The predicted octanol–water partition coefficient (Wildman–Crippen LogP) is 3.14. The molecule has 0 amide bonds. The maximum absolute atomic E-state index is 13.3. The summed E-state index contributed by atoms with van der Waals surface area (Å²) in [6.07, 6.45) is 5.60. The first-order valence-electron chi connectivity index (χ1n) is 10.9. The fraction of sp³-hybridized carbons (Fsp3) is 0.478. The van der Waals surface area contributed by atoms with Crippen LogP contribution in [0.4, 0.5) is 10.2 Å². The van der Waals surface area contributed by atoms with Gasteiger partial charge in [0, 0.05) is 35.9 Å². The summed E-state index contributed by atoms with van der Waals surface area (Å²) >= 11 is 0. The molecule has 0 bridgehead atoms. The molecule has 0 unspecified atom stereocenters. The van der Waals surface area contributed by atoms with Gasteiger partial charge in [0.05, 0.1) is 25.3 Å². The van der Waals surface area contributed by atoms with Gasteiger partial charge in [-0.15, -0.1) is 0 Å². The molecular weight excluding hydrogens is 365 g/mol. The van der Waals surface area contributed by atoms with Gasteiger partial charge in [-0.3, -0.25) is 0 Å². The molecule has 0 fully saturated rings. The Morgan fingerprint density at radius 3 is 2.62 bits per heavy atom. The minimum atomic E-state index is -0.233. The first kappa shape index (κ1) is 19.8. The molecule has 3 aromatic rings. The number of fused-ring (bicyclic) bond motifs is 2. The molecule has 0 aliphatic heterocycles. The zero-order chi connectivity index (χ0) is 20.2. The van der Waals surface area contributed by atoms with Crippen molar-refractivity contribution in [2.24, 2.45) is 0 Å². The minimum Gasteiger partial charge on any atom is -0.369 e. The number of rotatable bonds is 8. The van der Waals surface area contributed by atoms with Crippen molar-refractivity contribution in [2.75, 3.05) is 31.5 Å². The third-order valence-corrected chi connectivity index (χ3v) is 6.02. The number of nitrogens with zero attached hydrogens (tertiary/aromatic N) is 3. The number of aryl methyl sites for hydroxylation is 1. The fourth-order valence-corrected chi connectivity index (χ4v) is 4.24. The summed E-state index contributed by atoms with van der Waals surface area (Å²) in [5, 5.41) is 8.51. The topological polar surface area (TPSA) is 46.7 Å². The largest absolute Gasteiger partial charge is 0.369 e. The van der Waals surface area contributed by atoms with Gasteiger partial charge >= 0.3 is 0 Å². The van der Waals surface area contributed by atoms with E-state index in [2.05, 4.69) is 19.2 Å². The molecular formula is C23H31FN5+. The first-order chi connectivity index (χ1) is 14.2. The molecule has 1 aliphatic rings. The highest BCUT2D eigenvalue weighted by Gasteiger charge is 2.20. The van der Waals surface area contributed by atoms with Gasteiger partial charge < -0.3 is 10.2 Å². The van der Waals surface area contributed by atoms with Crippen molar-refractivity contribution in [3.63, 3.8) is 0 Å². The number of nitrogens with one attached hydrogen (secondary N) is 2. The van der Waals surface area contributed by atoms with Crippen LogP contribution in [-0.4, -0.2) is 40.8 Å². The quantitative estimate of drug-likeness (QED) is 0.575. The number of anilines is 1. The third kappa shape index (κ3) is 4.27. The summed E-state index contributed by atoms with van der Waals surface area (Å²) in [6.45, 7) is 8.94. The van der Waals surface area contributed by atoms with Crippen LogP contribution in [0.15, 0.2) is 30.3 Å². The Bertz CT molecular complexity index is 960. The molecule has 1 aliphatic carbocycles. The Morgan fingerprint density at radius 1 is 1.10 bits per heavy atom. The maximum atomic E-state index is 13.3. The molecule has 2 aromatic heterocycles. The summed E-state index contributed by atoms with van der Waals surface area (Å²) < 4.78 is 15.3. The summed E-state index contributed by atoms with van der Waals surface area (Å²) in [6, 6.07) is 8.51. The van der Waals surface area contributed by atoms with E-state index >= 15 is 0 Å². The van der Waals surface area contributed by atoms with Gasteiger partial charge in [-0.1, -0.05) is 0 Å². The van der Waals surface area contributed by atoms with Crippen molar-refractivity contribution in [3.05, 3.63) is 47.4 Å². The first-order valence-corrected chi connectivity index (χ1v) is 10.9. The minimum absolute atomic E-state index is 0.233. The molecule has 1 aromatic carbocycles. The molecule has 0 saturated carbocycles. The van der Waals surface area contributed by atoms with Crippen molar-refractivity contribution in [1.82, 2.24) is 14.6 Å². The van der Waals surface area contributed by atoms with Gasteiger partial charge in [-0.25, -0.2) is 9.37 Å². The molecule has 0 spiro atoms. The van der Waals surface area contributed by atoms with Crippen molar-refractivity contribution >= 4 is 11.5 Å². The van der Waals surface area contributed by atoms with E-state index in [-0.39, 0.29) is 5.82 Å². The monoisotopic (exact) mass is 396 g/mol. The van der Waals surface area contributed by atoms with Crippen LogP contribution < -0.4 is 10.2 Å². The lowest BCUT2D eigenvalue weighted by atomic mass is 9.96. The SMILES string of the molecule is CC[NH+](CC)CCCNc1c2c(nc3cc(-c4ccc(F)cc4)nn13)CCCC2. The smallest absolute Gasteiger partial charge is 0.158 e. The summed E-state index contributed by atoms with van der Waals surface area (Å²) in [4.78, 5) is 6.54. The van der Waals surface area contributed by atoms with Gasteiger partial charge in [0.2, 0.25) is 0 Å². The molecule has 2 heterocycles. The van der Waals surface area contributed by atoms with Crippen LogP contribution in [0.2, 0.25) is 0 Å². The van der Waals surface area contributed by atoms with Crippen LogP contribution in [0.25, 0.3) is 16.9 Å². The Hall–Kier alpha value is -2.47. The second kappa shape index (κ2) is 8.91.